The first-order valence-electron chi connectivity index (χ1n) is 3.15. The van der Waals surface area contributed by atoms with Gasteiger partial charge in [0, 0.05) is 5.69 Å². The van der Waals surface area contributed by atoms with Crippen molar-refractivity contribution in [2.45, 2.75) is 13.3 Å². The van der Waals surface area contributed by atoms with Crippen molar-refractivity contribution >= 4 is 11.6 Å². The average molecular weight is 155 g/mol. The Labute approximate surface area is 66.0 Å². The molecular weight excluding hydrogens is 146 g/mol. The molecule has 1 heterocycles. The zero-order chi connectivity index (χ0) is 7.56. The molecule has 0 bridgehead atoms. The first-order valence-corrected chi connectivity index (χ1v) is 3.53. The standard InChI is InChI=1S/C8H9ClN/c1-3-7-6(2)4-5-8(9)10-7/h4-5H,1,3H2,2H3. The molecule has 0 saturated heterocycles. The van der Waals surface area contributed by atoms with E-state index in [0.29, 0.717) is 11.6 Å². The van der Waals surface area contributed by atoms with Gasteiger partial charge in [-0.2, -0.15) is 0 Å². The van der Waals surface area contributed by atoms with Crippen LogP contribution < -0.4 is 0 Å². The summed E-state index contributed by atoms with van der Waals surface area (Å²) >= 11 is 5.66. The van der Waals surface area contributed by atoms with Gasteiger partial charge in [0.25, 0.3) is 0 Å². The molecule has 1 aromatic rings. The van der Waals surface area contributed by atoms with Crippen LogP contribution in [-0.2, 0) is 6.42 Å². The van der Waals surface area contributed by atoms with Crippen LogP contribution >= 0.6 is 11.6 Å². The van der Waals surface area contributed by atoms with Crippen molar-refractivity contribution in [2.75, 3.05) is 0 Å². The predicted octanol–water partition coefficient (Wildman–Crippen LogP) is 2.42. The number of nitrogens with zero attached hydrogens (tertiary/aromatic N) is 1. The minimum absolute atomic E-state index is 0.546. The number of halogens is 1. The maximum atomic E-state index is 5.66. The van der Waals surface area contributed by atoms with Gasteiger partial charge in [-0.25, -0.2) is 4.98 Å². The van der Waals surface area contributed by atoms with Crippen LogP contribution in [0.15, 0.2) is 12.1 Å². The van der Waals surface area contributed by atoms with Crippen molar-refractivity contribution in [1.82, 2.24) is 4.98 Å². The third-order valence-corrected chi connectivity index (χ3v) is 1.62. The second kappa shape index (κ2) is 3.02. The summed E-state index contributed by atoms with van der Waals surface area (Å²) in [6.45, 7) is 5.74. The summed E-state index contributed by atoms with van der Waals surface area (Å²) in [5, 5.41) is 0.546. The van der Waals surface area contributed by atoms with Gasteiger partial charge in [0.1, 0.15) is 5.15 Å². The molecule has 0 fully saturated rings. The summed E-state index contributed by atoms with van der Waals surface area (Å²) in [6, 6.07) is 3.74. The smallest absolute Gasteiger partial charge is 0.129 e. The average Bonchev–Trinajstić information content (AvgIpc) is 1.94. The van der Waals surface area contributed by atoms with Crippen LogP contribution in [0.25, 0.3) is 0 Å². The lowest BCUT2D eigenvalue weighted by Crippen LogP contribution is -1.90. The van der Waals surface area contributed by atoms with E-state index in [9.17, 15) is 0 Å². The Hall–Kier alpha value is -0.560. The van der Waals surface area contributed by atoms with Gasteiger partial charge in [-0.05, 0) is 31.9 Å². The van der Waals surface area contributed by atoms with Crippen LogP contribution in [0.2, 0.25) is 5.15 Å². The topological polar surface area (TPSA) is 12.9 Å². The Morgan fingerprint density at radius 3 is 2.80 bits per heavy atom. The second-order valence-corrected chi connectivity index (χ2v) is 2.53. The van der Waals surface area contributed by atoms with Crippen LogP contribution in [-0.4, -0.2) is 4.98 Å². The van der Waals surface area contributed by atoms with Crippen molar-refractivity contribution in [3.8, 4) is 0 Å². The summed E-state index contributed by atoms with van der Waals surface area (Å²) in [7, 11) is 0. The molecule has 0 aliphatic carbocycles. The molecule has 1 aromatic heterocycles. The monoisotopic (exact) mass is 154 g/mol. The molecule has 0 spiro atoms. The zero-order valence-electron chi connectivity index (χ0n) is 5.89. The summed E-state index contributed by atoms with van der Waals surface area (Å²) in [5.74, 6) is 0. The molecule has 1 nitrogen and oxygen atoms in total. The molecule has 0 unspecified atom stereocenters. The van der Waals surface area contributed by atoms with E-state index in [1.165, 1.54) is 0 Å². The Kier molecular flexibility index (Phi) is 2.28. The van der Waals surface area contributed by atoms with Gasteiger partial charge in [0.05, 0.1) is 0 Å². The first kappa shape index (κ1) is 7.55. The van der Waals surface area contributed by atoms with E-state index in [4.69, 9.17) is 11.6 Å². The molecule has 0 aliphatic heterocycles. The molecule has 1 rings (SSSR count). The molecule has 53 valence electrons. The molecular formula is C8H9ClN. The molecule has 10 heavy (non-hydrogen) atoms. The van der Waals surface area contributed by atoms with E-state index >= 15 is 0 Å². The lowest BCUT2D eigenvalue weighted by atomic mass is 10.2. The largest absolute Gasteiger partial charge is 0.241 e. The van der Waals surface area contributed by atoms with E-state index in [1.54, 1.807) is 6.07 Å². The van der Waals surface area contributed by atoms with Crippen LogP contribution in [0.4, 0.5) is 0 Å². The van der Waals surface area contributed by atoms with Gasteiger partial charge in [0.15, 0.2) is 0 Å². The molecule has 1 radical (unpaired) electrons. The van der Waals surface area contributed by atoms with E-state index < -0.39 is 0 Å². The highest BCUT2D eigenvalue weighted by Crippen LogP contribution is 2.10. The number of rotatable bonds is 1. The van der Waals surface area contributed by atoms with Gasteiger partial charge < -0.3 is 0 Å². The first-order chi connectivity index (χ1) is 4.74. The second-order valence-electron chi connectivity index (χ2n) is 2.15. The summed E-state index contributed by atoms with van der Waals surface area (Å²) in [6.07, 6.45) is 0.701. The number of hydrogen-bond donors (Lipinski definition) is 0. The van der Waals surface area contributed by atoms with Gasteiger partial charge in [0.2, 0.25) is 0 Å². The third-order valence-electron chi connectivity index (χ3n) is 1.40. The van der Waals surface area contributed by atoms with Crippen molar-refractivity contribution in [1.29, 1.82) is 0 Å². The minimum Gasteiger partial charge on any atom is -0.241 e. The van der Waals surface area contributed by atoms with Crippen molar-refractivity contribution in [3.63, 3.8) is 0 Å². The maximum absolute atomic E-state index is 5.66. The number of aromatic nitrogens is 1. The van der Waals surface area contributed by atoms with E-state index in [0.717, 1.165) is 11.3 Å². The van der Waals surface area contributed by atoms with Crippen molar-refractivity contribution < 1.29 is 0 Å². The summed E-state index contributed by atoms with van der Waals surface area (Å²) in [5.41, 5.74) is 2.13. The minimum atomic E-state index is 0.546. The maximum Gasteiger partial charge on any atom is 0.129 e. The Balaban J connectivity index is 3.09. The highest BCUT2D eigenvalue weighted by molar-refractivity contribution is 6.29. The van der Waals surface area contributed by atoms with Gasteiger partial charge in [-0.1, -0.05) is 17.7 Å². The van der Waals surface area contributed by atoms with Crippen LogP contribution in [0.1, 0.15) is 11.3 Å². The number of hydrogen-bond acceptors (Lipinski definition) is 1. The fourth-order valence-electron chi connectivity index (χ4n) is 0.797. The Morgan fingerprint density at radius 2 is 2.30 bits per heavy atom. The van der Waals surface area contributed by atoms with E-state index in [2.05, 4.69) is 11.9 Å². The lowest BCUT2D eigenvalue weighted by molar-refractivity contribution is 1.07. The van der Waals surface area contributed by atoms with E-state index in [-0.39, 0.29) is 0 Å². The van der Waals surface area contributed by atoms with Gasteiger partial charge in [-0.3, -0.25) is 0 Å². The zero-order valence-corrected chi connectivity index (χ0v) is 6.65. The fourth-order valence-corrected chi connectivity index (χ4v) is 0.962. The van der Waals surface area contributed by atoms with Crippen LogP contribution in [0.3, 0.4) is 0 Å². The number of pyridine rings is 1. The molecule has 0 aromatic carbocycles. The molecule has 0 aliphatic rings. The highest BCUT2D eigenvalue weighted by atomic mass is 35.5. The van der Waals surface area contributed by atoms with E-state index in [1.807, 2.05) is 13.0 Å². The summed E-state index contributed by atoms with van der Waals surface area (Å²) < 4.78 is 0. The quantitative estimate of drug-likeness (QED) is 0.567. The molecule has 2 heteroatoms. The van der Waals surface area contributed by atoms with Gasteiger partial charge >= 0.3 is 0 Å². The summed E-state index contributed by atoms with van der Waals surface area (Å²) in [4.78, 5) is 4.09. The van der Waals surface area contributed by atoms with Crippen molar-refractivity contribution in [3.05, 3.63) is 35.5 Å². The fraction of sp³-hybridized carbons (Fsp3) is 0.250. The predicted molar refractivity (Wildman–Crippen MR) is 43.0 cm³/mol. The molecule has 0 saturated carbocycles. The lowest BCUT2D eigenvalue weighted by Gasteiger charge is -1.99. The Morgan fingerprint density at radius 1 is 1.60 bits per heavy atom. The normalized spacial score (nSPS) is 9.90. The molecule has 0 N–H and O–H groups in total. The molecule has 0 amide bonds. The van der Waals surface area contributed by atoms with Crippen LogP contribution in [0, 0.1) is 13.8 Å². The Bertz CT molecular complexity index is 233. The van der Waals surface area contributed by atoms with Crippen LogP contribution in [0.5, 0.6) is 0 Å². The molecule has 0 atom stereocenters. The van der Waals surface area contributed by atoms with Crippen molar-refractivity contribution in [2.24, 2.45) is 0 Å². The van der Waals surface area contributed by atoms with Gasteiger partial charge in [-0.15, -0.1) is 0 Å². The highest BCUT2D eigenvalue weighted by Gasteiger charge is 1.96. The third kappa shape index (κ3) is 1.48. The number of aryl methyl sites for hydroxylation is 1. The SMILES string of the molecule is [CH2]Cc1nc(Cl)ccc1C.